The molecule has 0 spiro atoms. The Hall–Kier alpha value is -1.67. The Balaban J connectivity index is 1.89. The van der Waals surface area contributed by atoms with Crippen molar-refractivity contribution in [3.63, 3.8) is 0 Å². The first kappa shape index (κ1) is 15.2. The zero-order valence-electron chi connectivity index (χ0n) is 11.7. The zero-order chi connectivity index (χ0) is 15.5. The molecule has 0 fully saturated rings. The molecule has 0 saturated carbocycles. The highest BCUT2D eigenvalue weighted by Crippen LogP contribution is 2.27. The van der Waals surface area contributed by atoms with Crippen LogP contribution in [-0.2, 0) is 0 Å². The predicted octanol–water partition coefficient (Wildman–Crippen LogP) is 1.90. The lowest BCUT2D eigenvalue weighted by molar-refractivity contribution is 0.281. The second-order valence-corrected chi connectivity index (χ2v) is 6.05. The van der Waals surface area contributed by atoms with Crippen LogP contribution in [0, 0.1) is 0 Å². The van der Waals surface area contributed by atoms with Gasteiger partial charge >= 0.3 is 0 Å². The summed E-state index contributed by atoms with van der Waals surface area (Å²) in [5.41, 5.74) is 1.81. The largest absolute Gasteiger partial charge is 0.395 e. The van der Waals surface area contributed by atoms with Crippen molar-refractivity contribution in [1.82, 2.24) is 14.6 Å². The summed E-state index contributed by atoms with van der Waals surface area (Å²) in [6.45, 7) is 0.887. The smallest absolute Gasteiger partial charge is 0.214 e. The van der Waals surface area contributed by atoms with E-state index in [2.05, 4.69) is 10.1 Å². The first-order valence-corrected chi connectivity index (χ1v) is 7.99. The van der Waals surface area contributed by atoms with Crippen molar-refractivity contribution < 1.29 is 10.2 Å². The van der Waals surface area contributed by atoms with Gasteiger partial charge in [0, 0.05) is 23.7 Å². The maximum atomic E-state index is 9.09. The number of benzene rings is 1. The fourth-order valence-corrected chi connectivity index (χ4v) is 3.18. The molecular weight excluding hydrogens is 324 g/mol. The third-order valence-corrected chi connectivity index (χ3v) is 4.42. The average molecular weight is 339 g/mol. The molecule has 0 bridgehead atoms. The van der Waals surface area contributed by atoms with E-state index in [1.807, 2.05) is 35.4 Å². The molecule has 0 amide bonds. The number of halogens is 1. The monoisotopic (exact) mass is 338 g/mol. The van der Waals surface area contributed by atoms with Crippen molar-refractivity contribution >= 4 is 33.0 Å². The topological polar surface area (TPSA) is 73.9 Å². The number of aromatic nitrogens is 3. The van der Waals surface area contributed by atoms with E-state index < -0.39 is 0 Å². The molecule has 1 aromatic carbocycles. The van der Waals surface area contributed by atoms with Gasteiger partial charge in [0.05, 0.1) is 25.1 Å². The minimum Gasteiger partial charge on any atom is -0.395 e. The van der Waals surface area contributed by atoms with E-state index in [1.165, 1.54) is 11.3 Å². The van der Waals surface area contributed by atoms with Gasteiger partial charge in [0.15, 0.2) is 0 Å². The zero-order valence-corrected chi connectivity index (χ0v) is 13.3. The summed E-state index contributed by atoms with van der Waals surface area (Å²) in [5.74, 6) is 0. The minimum atomic E-state index is 0.0118. The van der Waals surface area contributed by atoms with E-state index in [9.17, 15) is 0 Å². The molecule has 0 aliphatic heterocycles. The average Bonchev–Trinajstić information content (AvgIpc) is 3.06. The Bertz CT molecular complexity index is 718. The number of aliphatic hydroxyl groups is 2. The van der Waals surface area contributed by atoms with Gasteiger partial charge in [0.2, 0.25) is 10.1 Å². The first-order valence-electron chi connectivity index (χ1n) is 6.80. The Morgan fingerprint density at radius 1 is 1.14 bits per heavy atom. The fourth-order valence-electron chi connectivity index (χ4n) is 2.12. The quantitative estimate of drug-likeness (QED) is 0.718. The first-order chi connectivity index (χ1) is 10.7. The molecule has 116 valence electrons. The van der Waals surface area contributed by atoms with E-state index in [1.54, 1.807) is 4.52 Å². The molecule has 3 aromatic rings. The van der Waals surface area contributed by atoms with Crippen LogP contribution >= 0.6 is 22.9 Å². The van der Waals surface area contributed by atoms with Gasteiger partial charge in [0.25, 0.3) is 0 Å². The molecule has 0 unspecified atom stereocenters. The molecule has 0 aliphatic carbocycles. The van der Waals surface area contributed by atoms with Crippen LogP contribution in [0.5, 0.6) is 0 Å². The third kappa shape index (κ3) is 3.07. The van der Waals surface area contributed by atoms with Crippen molar-refractivity contribution in [2.24, 2.45) is 0 Å². The normalized spacial score (nSPS) is 11.2. The van der Waals surface area contributed by atoms with Gasteiger partial charge in [-0.05, 0) is 12.1 Å². The van der Waals surface area contributed by atoms with Crippen molar-refractivity contribution in [2.45, 2.75) is 0 Å². The highest BCUT2D eigenvalue weighted by atomic mass is 35.5. The van der Waals surface area contributed by atoms with Crippen molar-refractivity contribution in [1.29, 1.82) is 0 Å². The number of fused-ring (bicyclic) bond motifs is 1. The van der Waals surface area contributed by atoms with Gasteiger partial charge < -0.3 is 15.1 Å². The van der Waals surface area contributed by atoms with Gasteiger partial charge in [-0.25, -0.2) is 9.50 Å². The van der Waals surface area contributed by atoms with Crippen LogP contribution < -0.4 is 4.90 Å². The lowest BCUT2D eigenvalue weighted by Gasteiger charge is -2.18. The van der Waals surface area contributed by atoms with Crippen LogP contribution in [0.15, 0.2) is 30.5 Å². The SMILES string of the molecule is OCCN(CCO)c1nn2cc(-c3ccc(Cl)cc3)nc2s1. The van der Waals surface area contributed by atoms with E-state index in [0.717, 1.165) is 21.3 Å². The number of rotatable bonds is 6. The lowest BCUT2D eigenvalue weighted by Crippen LogP contribution is -2.29. The van der Waals surface area contributed by atoms with E-state index >= 15 is 0 Å². The predicted molar refractivity (Wildman–Crippen MR) is 87.7 cm³/mol. The molecule has 3 rings (SSSR count). The van der Waals surface area contributed by atoms with Gasteiger partial charge in [-0.15, -0.1) is 5.10 Å². The minimum absolute atomic E-state index is 0.0118. The highest BCUT2D eigenvalue weighted by Gasteiger charge is 2.14. The molecule has 8 heteroatoms. The number of hydrogen-bond donors (Lipinski definition) is 2. The van der Waals surface area contributed by atoms with Gasteiger partial charge in [-0.2, -0.15) is 0 Å². The molecule has 6 nitrogen and oxygen atoms in total. The van der Waals surface area contributed by atoms with Crippen LogP contribution in [0.1, 0.15) is 0 Å². The van der Waals surface area contributed by atoms with Crippen molar-refractivity contribution in [3.05, 3.63) is 35.5 Å². The standard InChI is InChI=1S/C14H15ClN4O2S/c15-11-3-1-10(2-4-11)12-9-19-13(16-12)22-14(17-19)18(5-7-20)6-8-21/h1-4,9,20-21H,5-8H2. The highest BCUT2D eigenvalue weighted by molar-refractivity contribution is 7.20. The number of nitrogens with zero attached hydrogens (tertiary/aromatic N) is 4. The van der Waals surface area contributed by atoms with Gasteiger partial charge in [0.1, 0.15) is 0 Å². The summed E-state index contributed by atoms with van der Waals surface area (Å²) >= 11 is 7.31. The number of aliphatic hydroxyl groups excluding tert-OH is 2. The number of anilines is 1. The Kier molecular flexibility index (Phi) is 4.58. The van der Waals surface area contributed by atoms with Crippen LogP contribution in [-0.4, -0.2) is 51.1 Å². The summed E-state index contributed by atoms with van der Waals surface area (Å²) in [6.07, 6.45) is 1.86. The Morgan fingerprint density at radius 2 is 1.82 bits per heavy atom. The summed E-state index contributed by atoms with van der Waals surface area (Å²) in [6, 6.07) is 7.49. The maximum absolute atomic E-state index is 9.09. The number of hydrogen-bond acceptors (Lipinski definition) is 6. The van der Waals surface area contributed by atoms with Crippen LogP contribution in [0.25, 0.3) is 16.2 Å². The van der Waals surface area contributed by atoms with E-state index in [-0.39, 0.29) is 13.2 Å². The van der Waals surface area contributed by atoms with Crippen LogP contribution in [0.2, 0.25) is 5.02 Å². The van der Waals surface area contributed by atoms with Crippen molar-refractivity contribution in [3.8, 4) is 11.3 Å². The summed E-state index contributed by atoms with van der Waals surface area (Å²) in [5, 5.41) is 24.1. The molecule has 2 N–H and O–H groups in total. The summed E-state index contributed by atoms with van der Waals surface area (Å²) in [4.78, 5) is 7.16. The second-order valence-electron chi connectivity index (χ2n) is 4.68. The third-order valence-electron chi connectivity index (χ3n) is 3.18. The molecular formula is C14H15ClN4O2S. The Labute approximate surface area is 136 Å². The molecule has 0 atom stereocenters. The molecule has 2 heterocycles. The molecule has 2 aromatic heterocycles. The molecule has 0 saturated heterocycles. The maximum Gasteiger partial charge on any atom is 0.214 e. The van der Waals surface area contributed by atoms with Crippen molar-refractivity contribution in [2.75, 3.05) is 31.2 Å². The summed E-state index contributed by atoms with van der Waals surface area (Å²) in [7, 11) is 0. The van der Waals surface area contributed by atoms with Gasteiger partial charge in [-0.3, -0.25) is 0 Å². The number of imidazole rings is 1. The van der Waals surface area contributed by atoms with Gasteiger partial charge in [-0.1, -0.05) is 35.1 Å². The van der Waals surface area contributed by atoms with Crippen LogP contribution in [0.4, 0.5) is 5.13 Å². The lowest BCUT2D eigenvalue weighted by atomic mass is 10.2. The Morgan fingerprint density at radius 3 is 2.41 bits per heavy atom. The second kappa shape index (κ2) is 6.62. The van der Waals surface area contributed by atoms with E-state index in [0.29, 0.717) is 18.1 Å². The molecule has 0 radical (unpaired) electrons. The van der Waals surface area contributed by atoms with E-state index in [4.69, 9.17) is 21.8 Å². The summed E-state index contributed by atoms with van der Waals surface area (Å²) < 4.78 is 1.71. The molecule has 22 heavy (non-hydrogen) atoms. The fraction of sp³-hybridized carbons (Fsp3) is 0.286. The molecule has 0 aliphatic rings. The van der Waals surface area contributed by atoms with Crippen LogP contribution in [0.3, 0.4) is 0 Å².